The molecule has 2 rings (SSSR count). The van der Waals surface area contributed by atoms with Crippen LogP contribution in [0.25, 0.3) is 0 Å². The second-order valence-electron chi connectivity index (χ2n) is 6.96. The smallest absolute Gasteiger partial charge is 0.411 e. The molecule has 2 amide bonds. The van der Waals surface area contributed by atoms with Crippen molar-refractivity contribution < 1.29 is 23.8 Å². The number of cyclic esters (lactones) is 1. The van der Waals surface area contributed by atoms with Gasteiger partial charge in [-0.1, -0.05) is 0 Å². The summed E-state index contributed by atoms with van der Waals surface area (Å²) in [6.45, 7) is 6.77. The molecule has 2 aliphatic heterocycles. The fourth-order valence-electron chi connectivity index (χ4n) is 2.66. The van der Waals surface area contributed by atoms with Crippen LogP contribution in [0, 0.1) is 5.41 Å². The van der Waals surface area contributed by atoms with Crippen molar-refractivity contribution in [3.8, 4) is 0 Å². The number of rotatable bonds is 4. The summed E-state index contributed by atoms with van der Waals surface area (Å²) in [4.78, 5) is 26.6. The third-order valence-corrected chi connectivity index (χ3v) is 3.85. The van der Waals surface area contributed by atoms with E-state index in [4.69, 9.17) is 25.4 Å². The molecule has 2 saturated heterocycles. The molecule has 136 valence electrons. The Hall–Kier alpha value is -2.03. The molecule has 2 aliphatic rings. The van der Waals surface area contributed by atoms with Crippen molar-refractivity contribution in [1.29, 1.82) is 5.41 Å². The van der Waals surface area contributed by atoms with Crippen LogP contribution in [0.3, 0.4) is 0 Å². The summed E-state index contributed by atoms with van der Waals surface area (Å²) in [6.07, 6.45) is -0.0665. The number of hydrogen-bond acceptors (Lipinski definition) is 6. The van der Waals surface area contributed by atoms with E-state index in [0.29, 0.717) is 32.5 Å². The Balaban J connectivity index is 1.91. The van der Waals surface area contributed by atoms with Crippen LogP contribution < -0.4 is 5.73 Å². The Morgan fingerprint density at radius 1 is 1.42 bits per heavy atom. The van der Waals surface area contributed by atoms with Gasteiger partial charge in [-0.3, -0.25) is 15.2 Å². The highest BCUT2D eigenvalue weighted by Crippen LogP contribution is 2.23. The van der Waals surface area contributed by atoms with E-state index in [0.717, 1.165) is 0 Å². The Kier molecular flexibility index (Phi) is 5.53. The predicted molar refractivity (Wildman–Crippen MR) is 85.7 cm³/mol. The number of hydrogen-bond donors (Lipinski definition) is 2. The first-order valence-corrected chi connectivity index (χ1v) is 8.04. The molecule has 2 fully saturated rings. The van der Waals surface area contributed by atoms with Gasteiger partial charge in [-0.15, -0.1) is 0 Å². The van der Waals surface area contributed by atoms with E-state index in [1.165, 1.54) is 9.80 Å². The van der Waals surface area contributed by atoms with Crippen molar-refractivity contribution in [3.63, 3.8) is 0 Å². The predicted octanol–water partition coefficient (Wildman–Crippen LogP) is 1.12. The van der Waals surface area contributed by atoms with Gasteiger partial charge >= 0.3 is 12.2 Å². The van der Waals surface area contributed by atoms with E-state index in [2.05, 4.69) is 0 Å². The maximum absolute atomic E-state index is 12.3. The lowest BCUT2D eigenvalue weighted by atomic mass is 9.99. The van der Waals surface area contributed by atoms with Gasteiger partial charge in [0.1, 0.15) is 24.8 Å². The summed E-state index contributed by atoms with van der Waals surface area (Å²) in [6, 6.07) is -0.566. The Labute approximate surface area is 141 Å². The van der Waals surface area contributed by atoms with Crippen molar-refractivity contribution in [2.24, 2.45) is 5.73 Å². The number of amides is 2. The molecule has 3 N–H and O–H groups in total. The Morgan fingerprint density at radius 3 is 2.67 bits per heavy atom. The average molecular weight is 342 g/mol. The molecule has 9 heteroatoms. The third-order valence-electron chi connectivity index (χ3n) is 3.85. The largest absolute Gasteiger partial charge is 0.447 e. The van der Waals surface area contributed by atoms with Gasteiger partial charge in [0.15, 0.2) is 0 Å². The molecule has 0 aliphatic carbocycles. The van der Waals surface area contributed by atoms with Crippen LogP contribution in [0.4, 0.5) is 9.59 Å². The maximum atomic E-state index is 12.3. The van der Waals surface area contributed by atoms with E-state index in [1.807, 2.05) is 0 Å². The molecule has 2 unspecified atom stereocenters. The van der Waals surface area contributed by atoms with Gasteiger partial charge in [0.05, 0.1) is 18.7 Å². The summed E-state index contributed by atoms with van der Waals surface area (Å²) in [7, 11) is 0. The first-order valence-electron chi connectivity index (χ1n) is 8.04. The minimum Gasteiger partial charge on any atom is -0.447 e. The van der Waals surface area contributed by atoms with E-state index in [-0.39, 0.29) is 24.8 Å². The molecule has 0 aromatic carbocycles. The molecule has 2 atom stereocenters. The number of nitrogens with one attached hydrogen (secondary N) is 1. The van der Waals surface area contributed by atoms with E-state index < -0.39 is 17.7 Å². The van der Waals surface area contributed by atoms with Gasteiger partial charge in [-0.05, 0) is 27.2 Å². The zero-order chi connectivity index (χ0) is 17.9. The van der Waals surface area contributed by atoms with Crippen LogP contribution in [-0.4, -0.2) is 72.0 Å². The fourth-order valence-corrected chi connectivity index (χ4v) is 2.66. The van der Waals surface area contributed by atoms with Crippen molar-refractivity contribution in [2.75, 3.05) is 26.4 Å². The van der Waals surface area contributed by atoms with E-state index in [9.17, 15) is 9.59 Å². The van der Waals surface area contributed by atoms with Crippen LogP contribution in [-0.2, 0) is 14.2 Å². The monoisotopic (exact) mass is 342 g/mol. The van der Waals surface area contributed by atoms with Crippen LogP contribution in [0.15, 0.2) is 0 Å². The van der Waals surface area contributed by atoms with Crippen molar-refractivity contribution in [1.82, 2.24) is 9.80 Å². The lowest BCUT2D eigenvalue weighted by Crippen LogP contribution is -2.55. The quantitative estimate of drug-likeness (QED) is 0.584. The molecule has 0 aromatic heterocycles. The van der Waals surface area contributed by atoms with Crippen molar-refractivity contribution >= 4 is 18.0 Å². The zero-order valence-corrected chi connectivity index (χ0v) is 14.4. The summed E-state index contributed by atoms with van der Waals surface area (Å²) >= 11 is 0. The van der Waals surface area contributed by atoms with Gasteiger partial charge in [0.2, 0.25) is 0 Å². The average Bonchev–Trinajstić information content (AvgIpc) is 2.88. The minimum absolute atomic E-state index is 0.102. The highest BCUT2D eigenvalue weighted by atomic mass is 16.6. The van der Waals surface area contributed by atoms with Crippen LogP contribution in [0.5, 0.6) is 0 Å². The van der Waals surface area contributed by atoms with E-state index >= 15 is 0 Å². The molecule has 2 heterocycles. The molecule has 9 nitrogen and oxygen atoms in total. The van der Waals surface area contributed by atoms with Gasteiger partial charge in [0.25, 0.3) is 0 Å². The van der Waals surface area contributed by atoms with Crippen molar-refractivity contribution in [2.45, 2.75) is 51.4 Å². The molecule has 0 spiro atoms. The SMILES string of the molecule is CC(C)(C)OC(=O)N1CCC(OCN2CCOC2=O)CC1C(=N)N. The van der Waals surface area contributed by atoms with Gasteiger partial charge in [-0.25, -0.2) is 9.59 Å². The standard InChI is InChI=1S/C15H26N4O5/c1-15(2,3)24-14(21)19-5-4-10(8-11(19)12(16)17)23-9-18-6-7-22-13(18)20/h10-11H,4-9H2,1-3H3,(H3,16,17). The second-order valence-corrected chi connectivity index (χ2v) is 6.96. The lowest BCUT2D eigenvalue weighted by molar-refractivity contribution is -0.0440. The number of amidine groups is 1. The van der Waals surface area contributed by atoms with Gasteiger partial charge < -0.3 is 19.9 Å². The van der Waals surface area contributed by atoms with Gasteiger partial charge in [-0.2, -0.15) is 0 Å². The molecule has 0 bridgehead atoms. The maximum Gasteiger partial charge on any atom is 0.411 e. The summed E-state index contributed by atoms with van der Waals surface area (Å²) in [5, 5.41) is 7.75. The fraction of sp³-hybridized carbons (Fsp3) is 0.800. The topological polar surface area (TPSA) is 118 Å². The first kappa shape index (κ1) is 18.3. The number of ether oxygens (including phenoxy) is 3. The van der Waals surface area contributed by atoms with E-state index in [1.54, 1.807) is 20.8 Å². The zero-order valence-electron chi connectivity index (χ0n) is 14.4. The number of piperidine rings is 1. The normalized spacial score (nSPS) is 24.7. The molecule has 24 heavy (non-hydrogen) atoms. The van der Waals surface area contributed by atoms with Crippen LogP contribution >= 0.6 is 0 Å². The minimum atomic E-state index is -0.609. The number of carbonyl (C=O) groups excluding carboxylic acids is 2. The Bertz CT molecular complexity index is 505. The molecule has 0 aromatic rings. The second kappa shape index (κ2) is 7.25. The van der Waals surface area contributed by atoms with Crippen LogP contribution in [0.1, 0.15) is 33.6 Å². The molecular weight excluding hydrogens is 316 g/mol. The lowest BCUT2D eigenvalue weighted by Gasteiger charge is -2.39. The number of nitrogens with zero attached hydrogens (tertiary/aromatic N) is 2. The molecule has 0 radical (unpaired) electrons. The highest BCUT2D eigenvalue weighted by Gasteiger charge is 2.36. The van der Waals surface area contributed by atoms with Crippen molar-refractivity contribution in [3.05, 3.63) is 0 Å². The third kappa shape index (κ3) is 4.73. The summed E-state index contributed by atoms with van der Waals surface area (Å²) in [5.41, 5.74) is 5.05. The first-order chi connectivity index (χ1) is 11.2. The van der Waals surface area contributed by atoms with Gasteiger partial charge in [0, 0.05) is 13.0 Å². The number of likely N-dealkylation sites (tertiary alicyclic amines) is 1. The number of carbonyl (C=O) groups is 2. The summed E-state index contributed by atoms with van der Waals surface area (Å²) < 4.78 is 16.0. The Morgan fingerprint density at radius 2 is 2.12 bits per heavy atom. The summed E-state index contributed by atoms with van der Waals surface area (Å²) in [5.74, 6) is -0.102. The molecule has 0 saturated carbocycles. The number of nitrogens with two attached hydrogens (primary N) is 1. The molecular formula is C15H26N4O5. The highest BCUT2D eigenvalue weighted by molar-refractivity contribution is 5.86. The van der Waals surface area contributed by atoms with Crippen LogP contribution in [0.2, 0.25) is 0 Å².